The van der Waals surface area contributed by atoms with Crippen LogP contribution in [0.3, 0.4) is 0 Å². The van der Waals surface area contributed by atoms with Gasteiger partial charge in [-0.2, -0.15) is 0 Å². The zero-order chi connectivity index (χ0) is 17.2. The lowest BCUT2D eigenvalue weighted by atomic mass is 10.0. The molecule has 0 fully saturated rings. The van der Waals surface area contributed by atoms with E-state index in [-0.39, 0.29) is 6.61 Å². The van der Waals surface area contributed by atoms with Crippen LogP contribution in [0.2, 0.25) is 0 Å². The molecule has 1 N–H and O–H groups in total. The summed E-state index contributed by atoms with van der Waals surface area (Å²) in [5.41, 5.74) is 6.58. The molecule has 0 bridgehead atoms. The van der Waals surface area contributed by atoms with Gasteiger partial charge in [0.15, 0.2) is 0 Å². The molecular weight excluding hydrogens is 308 g/mol. The van der Waals surface area contributed by atoms with Gasteiger partial charge in [0.2, 0.25) is 0 Å². The maximum absolute atomic E-state index is 9.27. The van der Waals surface area contributed by atoms with Gasteiger partial charge in [-0.15, -0.1) is 0 Å². The van der Waals surface area contributed by atoms with Crippen LogP contribution in [0.4, 0.5) is 0 Å². The highest BCUT2D eigenvalue weighted by atomic mass is 16.3. The van der Waals surface area contributed by atoms with E-state index >= 15 is 0 Å². The molecule has 3 aromatic carbocycles. The fraction of sp³-hybridized carbons (Fsp3) is 0.130. The third-order valence-electron chi connectivity index (χ3n) is 4.57. The first-order valence-corrected chi connectivity index (χ1v) is 8.50. The summed E-state index contributed by atoms with van der Waals surface area (Å²) in [5.74, 6) is 0.869. The van der Waals surface area contributed by atoms with Crippen LogP contribution in [0.1, 0.15) is 22.3 Å². The molecule has 4 rings (SSSR count). The standard InChI is InChI=1S/C23H20O2/c1-16-11-19(15-24)7-9-21(16)23-14-20-13-18(8-10-22(20)25-23)12-17-5-3-2-4-6-17/h2-11,13-14,24H,12,15H2,1H3. The van der Waals surface area contributed by atoms with Crippen molar-refractivity contribution in [3.8, 4) is 11.3 Å². The molecule has 4 aromatic rings. The van der Waals surface area contributed by atoms with Crippen molar-refractivity contribution in [2.45, 2.75) is 20.0 Å². The molecule has 124 valence electrons. The van der Waals surface area contributed by atoms with E-state index in [0.29, 0.717) is 0 Å². The molecular formula is C23H20O2. The number of hydrogen-bond acceptors (Lipinski definition) is 2. The number of aliphatic hydroxyl groups excluding tert-OH is 1. The molecule has 0 aliphatic carbocycles. The first-order valence-electron chi connectivity index (χ1n) is 8.50. The van der Waals surface area contributed by atoms with Crippen LogP contribution in [0.15, 0.2) is 77.2 Å². The zero-order valence-corrected chi connectivity index (χ0v) is 14.2. The zero-order valence-electron chi connectivity index (χ0n) is 14.2. The lowest BCUT2D eigenvalue weighted by Gasteiger charge is -2.04. The van der Waals surface area contributed by atoms with Gasteiger partial charge in [-0.25, -0.2) is 0 Å². The predicted octanol–water partition coefficient (Wildman–Crippen LogP) is 5.49. The summed E-state index contributed by atoms with van der Waals surface area (Å²) in [4.78, 5) is 0. The van der Waals surface area contributed by atoms with Gasteiger partial charge in [0.05, 0.1) is 6.61 Å². The third-order valence-corrected chi connectivity index (χ3v) is 4.57. The summed E-state index contributed by atoms with van der Waals surface area (Å²) >= 11 is 0. The van der Waals surface area contributed by atoms with Gasteiger partial charge < -0.3 is 9.52 Å². The molecule has 0 spiro atoms. The fourth-order valence-electron chi connectivity index (χ4n) is 3.27. The lowest BCUT2D eigenvalue weighted by molar-refractivity contribution is 0.282. The first kappa shape index (κ1) is 15.7. The van der Waals surface area contributed by atoms with Gasteiger partial charge in [0.25, 0.3) is 0 Å². The Morgan fingerprint density at radius 3 is 2.36 bits per heavy atom. The monoisotopic (exact) mass is 328 g/mol. The molecule has 0 aliphatic rings. The molecule has 0 radical (unpaired) electrons. The maximum atomic E-state index is 9.27. The summed E-state index contributed by atoms with van der Waals surface area (Å²) < 4.78 is 6.05. The second kappa shape index (κ2) is 6.58. The predicted molar refractivity (Wildman–Crippen MR) is 102 cm³/mol. The molecule has 25 heavy (non-hydrogen) atoms. The van der Waals surface area contributed by atoms with Crippen molar-refractivity contribution in [3.05, 3.63) is 95.1 Å². The quantitative estimate of drug-likeness (QED) is 0.537. The Morgan fingerprint density at radius 1 is 0.800 bits per heavy atom. The minimum absolute atomic E-state index is 0.0596. The van der Waals surface area contributed by atoms with Gasteiger partial charge in [0.1, 0.15) is 11.3 Å². The van der Waals surface area contributed by atoms with E-state index in [4.69, 9.17) is 4.42 Å². The molecule has 0 atom stereocenters. The largest absolute Gasteiger partial charge is 0.456 e. The molecule has 1 heterocycles. The van der Waals surface area contributed by atoms with Crippen LogP contribution in [0, 0.1) is 6.92 Å². The van der Waals surface area contributed by atoms with Crippen LogP contribution >= 0.6 is 0 Å². The minimum Gasteiger partial charge on any atom is -0.456 e. The van der Waals surface area contributed by atoms with E-state index in [9.17, 15) is 5.11 Å². The first-order chi connectivity index (χ1) is 12.2. The average molecular weight is 328 g/mol. The smallest absolute Gasteiger partial charge is 0.135 e. The van der Waals surface area contributed by atoms with E-state index in [2.05, 4.69) is 48.5 Å². The van der Waals surface area contributed by atoms with Gasteiger partial charge >= 0.3 is 0 Å². The molecule has 1 aromatic heterocycles. The number of benzene rings is 3. The highest BCUT2D eigenvalue weighted by Crippen LogP contribution is 2.31. The van der Waals surface area contributed by atoms with Gasteiger partial charge in [-0.3, -0.25) is 0 Å². The highest BCUT2D eigenvalue weighted by molar-refractivity contribution is 5.84. The second-order valence-corrected chi connectivity index (χ2v) is 6.45. The molecule has 0 amide bonds. The normalized spacial score (nSPS) is 11.1. The van der Waals surface area contributed by atoms with Crippen LogP contribution in [-0.4, -0.2) is 5.11 Å². The summed E-state index contributed by atoms with van der Waals surface area (Å²) in [6, 6.07) is 24.9. The number of rotatable bonds is 4. The van der Waals surface area contributed by atoms with Crippen LogP contribution in [0.25, 0.3) is 22.3 Å². The van der Waals surface area contributed by atoms with Crippen molar-refractivity contribution < 1.29 is 9.52 Å². The molecule has 0 unspecified atom stereocenters. The summed E-state index contributed by atoms with van der Waals surface area (Å²) in [6.07, 6.45) is 0.918. The minimum atomic E-state index is 0.0596. The topological polar surface area (TPSA) is 33.4 Å². The fourth-order valence-corrected chi connectivity index (χ4v) is 3.27. The van der Waals surface area contributed by atoms with Crippen molar-refractivity contribution in [1.82, 2.24) is 0 Å². The number of aryl methyl sites for hydroxylation is 1. The second-order valence-electron chi connectivity index (χ2n) is 6.45. The van der Waals surface area contributed by atoms with Crippen LogP contribution in [-0.2, 0) is 13.0 Å². The molecule has 2 nitrogen and oxygen atoms in total. The Bertz CT molecular complexity index is 1010. The van der Waals surface area contributed by atoms with Crippen molar-refractivity contribution in [2.24, 2.45) is 0 Å². The van der Waals surface area contributed by atoms with Gasteiger partial charge in [-0.1, -0.05) is 54.6 Å². The van der Waals surface area contributed by atoms with E-state index < -0.39 is 0 Å². The maximum Gasteiger partial charge on any atom is 0.135 e. The molecule has 0 aliphatic heterocycles. The number of fused-ring (bicyclic) bond motifs is 1. The van der Waals surface area contributed by atoms with Crippen LogP contribution < -0.4 is 0 Å². The Morgan fingerprint density at radius 2 is 1.60 bits per heavy atom. The third kappa shape index (κ3) is 3.21. The van der Waals surface area contributed by atoms with Crippen molar-refractivity contribution >= 4 is 11.0 Å². The Labute approximate surface area is 147 Å². The molecule has 0 saturated heterocycles. The summed E-state index contributed by atoms with van der Waals surface area (Å²) in [7, 11) is 0. The summed E-state index contributed by atoms with van der Waals surface area (Å²) in [5, 5.41) is 10.4. The highest BCUT2D eigenvalue weighted by Gasteiger charge is 2.10. The average Bonchev–Trinajstić information content (AvgIpc) is 3.05. The van der Waals surface area contributed by atoms with Gasteiger partial charge in [-0.05, 0) is 53.8 Å². The number of hydrogen-bond donors (Lipinski definition) is 1. The van der Waals surface area contributed by atoms with Crippen molar-refractivity contribution in [1.29, 1.82) is 0 Å². The van der Waals surface area contributed by atoms with E-state index in [0.717, 1.165) is 39.8 Å². The molecule has 2 heteroatoms. The van der Waals surface area contributed by atoms with E-state index in [1.807, 2.05) is 31.2 Å². The van der Waals surface area contributed by atoms with Gasteiger partial charge in [0, 0.05) is 10.9 Å². The molecule has 0 saturated carbocycles. The number of aliphatic hydroxyl groups is 1. The Hall–Kier alpha value is -2.84. The number of furan rings is 1. The Kier molecular flexibility index (Phi) is 4.12. The Balaban J connectivity index is 1.69. The van der Waals surface area contributed by atoms with Crippen molar-refractivity contribution in [3.63, 3.8) is 0 Å². The van der Waals surface area contributed by atoms with E-state index in [1.54, 1.807) is 0 Å². The summed E-state index contributed by atoms with van der Waals surface area (Å²) in [6.45, 7) is 2.10. The SMILES string of the molecule is Cc1cc(CO)ccc1-c1cc2cc(Cc3ccccc3)ccc2o1. The van der Waals surface area contributed by atoms with Crippen LogP contribution in [0.5, 0.6) is 0 Å². The van der Waals surface area contributed by atoms with Crippen molar-refractivity contribution in [2.75, 3.05) is 0 Å². The van der Waals surface area contributed by atoms with E-state index in [1.165, 1.54) is 11.1 Å². The lowest BCUT2D eigenvalue weighted by Crippen LogP contribution is -1.87.